The molecule has 54 valence electrons. The highest BCUT2D eigenvalue weighted by Crippen LogP contribution is 2.02. The summed E-state index contributed by atoms with van der Waals surface area (Å²) < 4.78 is 0. The summed E-state index contributed by atoms with van der Waals surface area (Å²) in [5, 5.41) is 33.5. The van der Waals surface area contributed by atoms with Gasteiger partial charge in [-0.3, -0.25) is 0 Å². The first kappa shape index (κ1) is 8.26. The largest absolute Gasteiger partial charge is 0.509 e. The molecule has 9 heavy (non-hydrogen) atoms. The molecule has 0 aliphatic carbocycles. The second kappa shape index (κ2) is 3.32. The summed E-state index contributed by atoms with van der Waals surface area (Å²) in [7, 11) is 0. The molecule has 0 amide bonds. The highest BCUT2D eigenvalue weighted by atomic mass is 16.5. The summed E-state index contributed by atoms with van der Waals surface area (Å²) in [6.07, 6.45) is -1.94. The van der Waals surface area contributed by atoms with Gasteiger partial charge in [-0.25, -0.2) is 0 Å². The molecule has 0 aromatic heterocycles. The quantitative estimate of drug-likeness (QED) is 0.317. The van der Waals surface area contributed by atoms with Crippen LogP contribution in [0, 0.1) is 0 Å². The molecule has 0 aliphatic rings. The molecule has 0 aromatic rings. The van der Waals surface area contributed by atoms with Crippen LogP contribution in [0.15, 0.2) is 11.5 Å². The minimum atomic E-state index is -1.60. The Morgan fingerprint density at radius 1 is 1.33 bits per heavy atom. The Hall–Kier alpha value is -0.740. The highest BCUT2D eigenvalue weighted by molar-refractivity contribution is 4.94. The SMILES string of the molecule is CC(O)=C(O)CC(O)O. The van der Waals surface area contributed by atoms with Crippen LogP contribution in [0.1, 0.15) is 13.3 Å². The van der Waals surface area contributed by atoms with Gasteiger partial charge >= 0.3 is 0 Å². The Balaban J connectivity index is 3.77. The van der Waals surface area contributed by atoms with Crippen molar-refractivity contribution >= 4 is 0 Å². The lowest BCUT2D eigenvalue weighted by Gasteiger charge is -2.01. The molecule has 0 aromatic carbocycles. The molecular formula is C5H10O4. The Morgan fingerprint density at radius 2 is 1.78 bits per heavy atom. The summed E-state index contributed by atoms with van der Waals surface area (Å²) in [5.41, 5.74) is 0. The molecular weight excluding hydrogens is 124 g/mol. The lowest BCUT2D eigenvalue weighted by Crippen LogP contribution is -2.06. The Kier molecular flexibility index (Phi) is 3.05. The van der Waals surface area contributed by atoms with Crippen molar-refractivity contribution in [3.63, 3.8) is 0 Å². The minimum Gasteiger partial charge on any atom is -0.509 e. The van der Waals surface area contributed by atoms with Crippen molar-refractivity contribution in [3.8, 4) is 0 Å². The predicted octanol–water partition coefficient (Wildman–Crippen LogP) is 0.0347. The predicted molar refractivity (Wildman–Crippen MR) is 30.8 cm³/mol. The third kappa shape index (κ3) is 3.81. The van der Waals surface area contributed by atoms with Crippen LogP contribution < -0.4 is 0 Å². The Labute approximate surface area is 52.7 Å². The van der Waals surface area contributed by atoms with E-state index in [1.165, 1.54) is 6.92 Å². The van der Waals surface area contributed by atoms with Gasteiger partial charge in [-0.1, -0.05) is 0 Å². The summed E-state index contributed by atoms with van der Waals surface area (Å²) >= 11 is 0. The van der Waals surface area contributed by atoms with Gasteiger partial charge in [0.2, 0.25) is 0 Å². The molecule has 0 spiro atoms. The molecule has 0 rings (SSSR count). The normalized spacial score (nSPS) is 13.8. The average molecular weight is 134 g/mol. The van der Waals surface area contributed by atoms with Crippen LogP contribution in [-0.2, 0) is 0 Å². The van der Waals surface area contributed by atoms with Crippen molar-refractivity contribution in [3.05, 3.63) is 11.5 Å². The number of rotatable bonds is 2. The molecule has 0 unspecified atom stereocenters. The minimum absolute atomic E-state index is 0.289. The Bertz CT molecular complexity index is 112. The molecule has 0 fully saturated rings. The van der Waals surface area contributed by atoms with E-state index in [1.807, 2.05) is 0 Å². The van der Waals surface area contributed by atoms with Gasteiger partial charge in [-0.05, 0) is 6.92 Å². The van der Waals surface area contributed by atoms with E-state index in [1.54, 1.807) is 0 Å². The van der Waals surface area contributed by atoms with Crippen LogP contribution >= 0.6 is 0 Å². The molecule has 0 atom stereocenters. The molecule has 0 saturated heterocycles. The second-order valence-electron chi connectivity index (χ2n) is 1.72. The van der Waals surface area contributed by atoms with E-state index in [-0.39, 0.29) is 12.2 Å². The smallest absolute Gasteiger partial charge is 0.158 e. The Morgan fingerprint density at radius 3 is 1.89 bits per heavy atom. The molecule has 4 nitrogen and oxygen atoms in total. The maximum Gasteiger partial charge on any atom is 0.158 e. The fraction of sp³-hybridized carbons (Fsp3) is 0.600. The standard InChI is InChI=1S/C5H10O4/c1-3(6)4(7)2-5(8)9/h5-9H,2H2,1H3. The van der Waals surface area contributed by atoms with Crippen molar-refractivity contribution in [1.82, 2.24) is 0 Å². The summed E-state index contributed by atoms with van der Waals surface area (Å²) in [5.74, 6) is -0.687. The van der Waals surface area contributed by atoms with Crippen LogP contribution in [0.5, 0.6) is 0 Å². The van der Waals surface area contributed by atoms with E-state index < -0.39 is 12.0 Å². The average Bonchev–Trinajstić information content (AvgIpc) is 1.63. The van der Waals surface area contributed by atoms with E-state index in [2.05, 4.69) is 0 Å². The summed E-state index contributed by atoms with van der Waals surface area (Å²) in [6.45, 7) is 1.26. The van der Waals surface area contributed by atoms with Gasteiger partial charge in [0.05, 0.1) is 6.42 Å². The van der Waals surface area contributed by atoms with Gasteiger partial charge in [0.25, 0.3) is 0 Å². The lowest BCUT2D eigenvalue weighted by molar-refractivity contribution is -0.0452. The number of hydrogen-bond donors (Lipinski definition) is 4. The van der Waals surface area contributed by atoms with Crippen LogP contribution in [-0.4, -0.2) is 26.7 Å². The van der Waals surface area contributed by atoms with Crippen molar-refractivity contribution < 1.29 is 20.4 Å². The van der Waals surface area contributed by atoms with Gasteiger partial charge in [-0.2, -0.15) is 0 Å². The molecule has 0 heterocycles. The van der Waals surface area contributed by atoms with Crippen LogP contribution in [0.4, 0.5) is 0 Å². The topological polar surface area (TPSA) is 80.9 Å². The third-order valence-corrected chi connectivity index (χ3v) is 0.794. The summed E-state index contributed by atoms with van der Waals surface area (Å²) in [6, 6.07) is 0. The van der Waals surface area contributed by atoms with E-state index in [9.17, 15) is 0 Å². The van der Waals surface area contributed by atoms with Gasteiger partial charge in [-0.15, -0.1) is 0 Å². The van der Waals surface area contributed by atoms with Crippen molar-refractivity contribution in [2.75, 3.05) is 0 Å². The molecule has 0 radical (unpaired) electrons. The zero-order valence-corrected chi connectivity index (χ0v) is 5.07. The van der Waals surface area contributed by atoms with E-state index in [0.717, 1.165) is 0 Å². The van der Waals surface area contributed by atoms with Crippen LogP contribution in [0.2, 0.25) is 0 Å². The number of allylic oxidation sites excluding steroid dienone is 1. The van der Waals surface area contributed by atoms with Gasteiger partial charge in [0.1, 0.15) is 11.5 Å². The van der Waals surface area contributed by atoms with Gasteiger partial charge in [0.15, 0.2) is 6.29 Å². The summed E-state index contributed by atoms with van der Waals surface area (Å²) in [4.78, 5) is 0. The van der Waals surface area contributed by atoms with Gasteiger partial charge in [0, 0.05) is 0 Å². The lowest BCUT2D eigenvalue weighted by atomic mass is 10.3. The fourth-order valence-corrected chi connectivity index (χ4v) is 0.321. The molecule has 0 bridgehead atoms. The van der Waals surface area contributed by atoms with Crippen molar-refractivity contribution in [2.24, 2.45) is 0 Å². The van der Waals surface area contributed by atoms with E-state index >= 15 is 0 Å². The monoisotopic (exact) mass is 134 g/mol. The maximum atomic E-state index is 8.61. The van der Waals surface area contributed by atoms with E-state index in [0.29, 0.717) is 0 Å². The zero-order chi connectivity index (χ0) is 7.44. The highest BCUT2D eigenvalue weighted by Gasteiger charge is 2.03. The second-order valence-corrected chi connectivity index (χ2v) is 1.72. The molecule has 0 aliphatic heterocycles. The first-order chi connectivity index (χ1) is 4.04. The number of aliphatic hydroxyl groups is 4. The molecule has 4 heteroatoms. The molecule has 0 saturated carbocycles. The van der Waals surface area contributed by atoms with Gasteiger partial charge < -0.3 is 20.4 Å². The molecule has 4 N–H and O–H groups in total. The number of aliphatic hydroxyl groups excluding tert-OH is 3. The van der Waals surface area contributed by atoms with Crippen LogP contribution in [0.25, 0.3) is 0 Å². The van der Waals surface area contributed by atoms with Crippen molar-refractivity contribution in [2.45, 2.75) is 19.6 Å². The first-order valence-electron chi connectivity index (χ1n) is 2.48. The van der Waals surface area contributed by atoms with E-state index in [4.69, 9.17) is 20.4 Å². The maximum absolute atomic E-state index is 8.61. The zero-order valence-electron chi connectivity index (χ0n) is 5.07. The third-order valence-electron chi connectivity index (χ3n) is 0.794. The fourth-order valence-electron chi connectivity index (χ4n) is 0.321. The van der Waals surface area contributed by atoms with Crippen molar-refractivity contribution in [1.29, 1.82) is 0 Å². The van der Waals surface area contributed by atoms with Crippen LogP contribution in [0.3, 0.4) is 0 Å². The number of hydrogen-bond acceptors (Lipinski definition) is 4. The first-order valence-corrected chi connectivity index (χ1v) is 2.48.